The number of ether oxygens (including phenoxy) is 1. The molecule has 5 heteroatoms. The molecule has 0 aromatic rings. The van der Waals surface area contributed by atoms with Gasteiger partial charge in [-0.3, -0.25) is 0 Å². The van der Waals surface area contributed by atoms with E-state index < -0.39 is 12.1 Å². The summed E-state index contributed by atoms with van der Waals surface area (Å²) in [5.74, 6) is -0.159. The predicted molar refractivity (Wildman–Crippen MR) is 44.7 cm³/mol. The van der Waals surface area contributed by atoms with Crippen LogP contribution in [0.15, 0.2) is 0 Å². The third kappa shape index (κ3) is 3.12. The first-order valence-corrected chi connectivity index (χ1v) is 4.23. The van der Waals surface area contributed by atoms with Crippen molar-refractivity contribution in [2.45, 2.75) is 38.2 Å². The molecule has 1 heterocycles. The fraction of sp³-hybridized carbons (Fsp3) is 1.00. The number of aliphatic hydroxyl groups excluding tert-OH is 2. The van der Waals surface area contributed by atoms with Gasteiger partial charge in [-0.2, -0.15) is 0 Å². The van der Waals surface area contributed by atoms with Crippen molar-refractivity contribution in [1.82, 2.24) is 0 Å². The molecule has 0 saturated carbocycles. The number of nitrogens with one attached hydrogen (secondary N) is 1. The van der Waals surface area contributed by atoms with Crippen molar-refractivity contribution >= 4 is 0 Å². The van der Waals surface area contributed by atoms with Crippen molar-refractivity contribution < 1.29 is 59.0 Å². The van der Waals surface area contributed by atoms with Gasteiger partial charge in [-0.1, -0.05) is 13.0 Å². The van der Waals surface area contributed by atoms with E-state index in [9.17, 15) is 5.11 Å². The molecular weight excluding hydrogens is 385 g/mol. The van der Waals surface area contributed by atoms with Gasteiger partial charge in [0.05, 0.1) is 12.7 Å². The van der Waals surface area contributed by atoms with E-state index in [1.165, 1.54) is 0 Å². The molecule has 1 aliphatic rings. The van der Waals surface area contributed by atoms with Crippen molar-refractivity contribution in [3.05, 3.63) is 5.73 Å². The monoisotopic (exact) mass is 401 g/mol. The Kier molecular flexibility index (Phi) is 6.59. The third-order valence-electron chi connectivity index (χ3n) is 2.57. The van der Waals surface area contributed by atoms with Crippen LogP contribution in [-0.4, -0.2) is 41.2 Å². The van der Waals surface area contributed by atoms with E-state index in [2.05, 4.69) is 0 Å². The van der Waals surface area contributed by atoms with Gasteiger partial charge >= 0.3 is 0 Å². The summed E-state index contributed by atoms with van der Waals surface area (Å²) in [6.45, 7) is 3.45. The Balaban J connectivity index is 0.00000144. The molecule has 1 rings (SSSR count). The van der Waals surface area contributed by atoms with Crippen molar-refractivity contribution in [3.8, 4) is 0 Å². The van der Waals surface area contributed by atoms with Gasteiger partial charge in [-0.15, -0.1) is 0 Å². The molecule has 1 fully saturated rings. The molecule has 0 bridgehead atoms. The number of hydrogen-bond acceptors (Lipinski definition) is 3. The second-order valence-electron chi connectivity index (χ2n) is 3.44. The van der Waals surface area contributed by atoms with Gasteiger partial charge in [-0.05, 0) is 6.92 Å². The molecule has 0 aliphatic carbocycles. The Morgan fingerprint density at radius 3 is 2.38 bits per heavy atom. The first-order chi connectivity index (χ1) is 5.57. The second kappa shape index (κ2) is 5.99. The van der Waals surface area contributed by atoms with Crippen LogP contribution in [0.5, 0.6) is 0 Å². The van der Waals surface area contributed by atoms with E-state index in [1.54, 1.807) is 13.8 Å². The summed E-state index contributed by atoms with van der Waals surface area (Å²) in [5, 5.41) is 18.4. The van der Waals surface area contributed by atoms with E-state index in [0.717, 1.165) is 0 Å². The van der Waals surface area contributed by atoms with Gasteiger partial charge in [0.2, 0.25) is 0 Å². The van der Waals surface area contributed by atoms with Crippen molar-refractivity contribution in [2.75, 3.05) is 6.61 Å². The van der Waals surface area contributed by atoms with Gasteiger partial charge in [-0.25, -0.2) is 0 Å². The van der Waals surface area contributed by atoms with Crippen LogP contribution in [0.25, 0.3) is 5.73 Å². The van der Waals surface area contributed by atoms with Crippen molar-refractivity contribution in [3.63, 3.8) is 0 Å². The SMILES string of the molecule is CC1OC(CO)C(C)C(O)C1[NH-].[Ac]. The molecule has 0 amide bonds. The molecule has 1 radical (unpaired) electrons. The van der Waals surface area contributed by atoms with Crippen LogP contribution >= 0.6 is 0 Å². The van der Waals surface area contributed by atoms with Crippen molar-refractivity contribution in [2.24, 2.45) is 5.92 Å². The summed E-state index contributed by atoms with van der Waals surface area (Å²) in [6.07, 6.45) is -1.31. The minimum Gasteiger partial charge on any atom is -0.670 e. The van der Waals surface area contributed by atoms with Gasteiger partial charge in [0.25, 0.3) is 0 Å². The third-order valence-corrected chi connectivity index (χ3v) is 2.57. The van der Waals surface area contributed by atoms with Crippen LogP contribution in [0, 0.1) is 50.0 Å². The maximum atomic E-state index is 9.54. The molecule has 0 aromatic heterocycles. The first-order valence-electron chi connectivity index (χ1n) is 4.23. The molecule has 3 N–H and O–H groups in total. The number of hydrogen-bond donors (Lipinski definition) is 2. The van der Waals surface area contributed by atoms with E-state index in [1.807, 2.05) is 0 Å². The van der Waals surface area contributed by atoms with E-state index in [-0.39, 0.29) is 68.8 Å². The fourth-order valence-electron chi connectivity index (χ4n) is 1.52. The summed E-state index contributed by atoms with van der Waals surface area (Å²) >= 11 is 0. The second-order valence-corrected chi connectivity index (χ2v) is 3.44. The minimum absolute atomic E-state index is 0. The number of aliphatic hydroxyl groups is 2. The van der Waals surface area contributed by atoms with Crippen LogP contribution in [0.2, 0.25) is 0 Å². The van der Waals surface area contributed by atoms with Gasteiger partial charge < -0.3 is 20.7 Å². The van der Waals surface area contributed by atoms with Crippen LogP contribution in [0.4, 0.5) is 0 Å². The molecule has 1 aliphatic heterocycles. The molecule has 4 nitrogen and oxygen atoms in total. The van der Waals surface area contributed by atoms with Crippen LogP contribution in [0.1, 0.15) is 13.8 Å². The molecule has 5 unspecified atom stereocenters. The maximum Gasteiger partial charge on any atom is 0.0858 e. The molecule has 13 heavy (non-hydrogen) atoms. The van der Waals surface area contributed by atoms with Crippen LogP contribution < -0.4 is 0 Å². The standard InChI is InChI=1S/C8H16NO3.Ac/c1-4-6(3-10)12-5(2)7(9)8(4)11;/h4-11H,3H2,1-2H3;/q-1;. The van der Waals surface area contributed by atoms with E-state index >= 15 is 0 Å². The van der Waals surface area contributed by atoms with Crippen LogP contribution in [0.3, 0.4) is 0 Å². The zero-order valence-electron chi connectivity index (χ0n) is 7.97. The Morgan fingerprint density at radius 1 is 1.38 bits per heavy atom. The van der Waals surface area contributed by atoms with Gasteiger partial charge in [0, 0.05) is 62.2 Å². The zero-order valence-corrected chi connectivity index (χ0v) is 12.7. The summed E-state index contributed by atoms with van der Waals surface area (Å²) in [4.78, 5) is 0. The number of rotatable bonds is 1. The largest absolute Gasteiger partial charge is 0.670 e. The topological polar surface area (TPSA) is 73.5 Å². The predicted octanol–water partition coefficient (Wildman–Crippen LogP) is 0.184. The fourth-order valence-corrected chi connectivity index (χ4v) is 1.52. The molecule has 0 aromatic carbocycles. The quantitative estimate of drug-likeness (QED) is 0.659. The van der Waals surface area contributed by atoms with E-state index in [4.69, 9.17) is 15.6 Å². The van der Waals surface area contributed by atoms with E-state index in [0.29, 0.717) is 0 Å². The molecule has 1 saturated heterocycles. The summed E-state index contributed by atoms with van der Waals surface area (Å²) < 4.78 is 5.33. The van der Waals surface area contributed by atoms with Crippen molar-refractivity contribution in [1.29, 1.82) is 0 Å². The molecule has 75 valence electrons. The average Bonchev–Trinajstić information content (AvgIpc) is 2.08. The Hall–Kier alpha value is 1.28. The summed E-state index contributed by atoms with van der Waals surface area (Å²) in [5.41, 5.74) is 7.52. The van der Waals surface area contributed by atoms with Gasteiger partial charge in [0.1, 0.15) is 0 Å². The molecule has 5 atom stereocenters. The minimum atomic E-state index is -0.689. The first kappa shape index (κ1) is 14.3. The summed E-state index contributed by atoms with van der Waals surface area (Å²) in [7, 11) is 0. The Bertz CT molecular complexity index is 154. The Labute approximate surface area is 114 Å². The maximum absolute atomic E-state index is 9.54. The van der Waals surface area contributed by atoms with Crippen LogP contribution in [-0.2, 0) is 4.74 Å². The normalized spacial score (nSPS) is 45.5. The average molecular weight is 401 g/mol. The smallest absolute Gasteiger partial charge is 0.0858 e. The molecular formula is C8H16AcNO3-. The Morgan fingerprint density at radius 2 is 1.92 bits per heavy atom. The summed E-state index contributed by atoms with van der Waals surface area (Å²) in [6, 6.07) is -0.595. The van der Waals surface area contributed by atoms with Gasteiger partial charge in [0.15, 0.2) is 0 Å². The molecule has 0 spiro atoms. The zero-order chi connectivity index (χ0) is 9.30.